The van der Waals surface area contributed by atoms with Crippen LogP contribution in [0.5, 0.6) is 17.5 Å². The van der Waals surface area contributed by atoms with Gasteiger partial charge in [0.25, 0.3) is 5.91 Å². The van der Waals surface area contributed by atoms with Gasteiger partial charge in [-0.1, -0.05) is 44.2 Å². The highest BCUT2D eigenvalue weighted by Crippen LogP contribution is 2.30. The average Bonchev–Trinajstić information content (AvgIpc) is 3.31. The number of nitrogens with one attached hydrogen (secondary N) is 1. The minimum Gasteiger partial charge on any atom is -0.496 e. The van der Waals surface area contributed by atoms with Gasteiger partial charge in [0.1, 0.15) is 17.1 Å². The maximum atomic E-state index is 13.0. The summed E-state index contributed by atoms with van der Waals surface area (Å²) in [5.74, 6) is 1.57. The number of carbonyl (C=O) groups is 1. The molecule has 0 radical (unpaired) electrons. The topological polar surface area (TPSA) is 87.5 Å². The van der Waals surface area contributed by atoms with Crippen LogP contribution in [0.2, 0.25) is 0 Å². The number of aryl methyl sites for hydroxylation is 1. The monoisotopic (exact) mass is 486 g/mol. The Balaban J connectivity index is 1.64. The molecule has 0 saturated carbocycles. The fourth-order valence-corrected chi connectivity index (χ4v) is 3.73. The van der Waals surface area contributed by atoms with Gasteiger partial charge in [0.2, 0.25) is 0 Å². The van der Waals surface area contributed by atoms with Gasteiger partial charge in [-0.25, -0.2) is 4.68 Å². The fourth-order valence-electron chi connectivity index (χ4n) is 3.73. The van der Waals surface area contributed by atoms with Crippen molar-refractivity contribution in [1.82, 2.24) is 14.8 Å². The number of hydrogen-bond donors (Lipinski definition) is 1. The van der Waals surface area contributed by atoms with E-state index in [9.17, 15) is 4.79 Å². The first kappa shape index (κ1) is 24.8. The molecular formula is C28H30N4O4. The fraction of sp³-hybridized carbons (Fsp3) is 0.250. The molecule has 36 heavy (non-hydrogen) atoms. The van der Waals surface area contributed by atoms with E-state index in [1.807, 2.05) is 55.5 Å². The molecule has 0 aliphatic heterocycles. The zero-order chi connectivity index (χ0) is 25.7. The number of nitrogens with zero attached hydrogens (tertiary/aromatic N) is 3. The molecule has 8 heteroatoms. The van der Waals surface area contributed by atoms with E-state index in [0.717, 1.165) is 16.8 Å². The second-order valence-electron chi connectivity index (χ2n) is 8.69. The number of amides is 1. The van der Waals surface area contributed by atoms with Gasteiger partial charge in [0.15, 0.2) is 5.82 Å². The minimum absolute atomic E-state index is 0.322. The van der Waals surface area contributed by atoms with E-state index in [1.54, 1.807) is 22.9 Å². The van der Waals surface area contributed by atoms with Crippen LogP contribution in [0.1, 0.15) is 29.8 Å². The van der Waals surface area contributed by atoms with Crippen LogP contribution in [-0.4, -0.2) is 41.5 Å². The van der Waals surface area contributed by atoms with Crippen molar-refractivity contribution in [1.29, 1.82) is 0 Å². The molecule has 1 N–H and O–H groups in total. The van der Waals surface area contributed by atoms with Gasteiger partial charge in [0.05, 0.1) is 26.5 Å². The number of methoxy groups -OCH3 is 2. The number of rotatable bonds is 9. The van der Waals surface area contributed by atoms with Crippen LogP contribution >= 0.6 is 0 Å². The molecular weight excluding hydrogens is 456 g/mol. The summed E-state index contributed by atoms with van der Waals surface area (Å²) < 4.78 is 18.3. The van der Waals surface area contributed by atoms with E-state index in [1.165, 1.54) is 14.2 Å². The van der Waals surface area contributed by atoms with E-state index in [2.05, 4.69) is 29.2 Å². The highest BCUT2D eigenvalue weighted by atomic mass is 16.5. The first-order valence-corrected chi connectivity index (χ1v) is 11.7. The maximum Gasteiger partial charge on any atom is 0.336 e. The predicted octanol–water partition coefficient (Wildman–Crippen LogP) is 5.55. The zero-order valence-electron chi connectivity index (χ0n) is 21.1. The Hall–Kier alpha value is -4.33. The molecule has 0 aliphatic carbocycles. The van der Waals surface area contributed by atoms with Crippen LogP contribution < -0.4 is 19.5 Å². The van der Waals surface area contributed by atoms with E-state index >= 15 is 0 Å². The maximum absolute atomic E-state index is 13.0. The van der Waals surface area contributed by atoms with Crippen molar-refractivity contribution in [2.24, 2.45) is 5.92 Å². The molecule has 1 amide bonds. The molecule has 186 valence electrons. The molecule has 0 atom stereocenters. The molecule has 1 heterocycles. The smallest absolute Gasteiger partial charge is 0.336 e. The van der Waals surface area contributed by atoms with Crippen molar-refractivity contribution >= 4 is 11.6 Å². The molecule has 4 aromatic rings. The van der Waals surface area contributed by atoms with Crippen LogP contribution in [0.3, 0.4) is 0 Å². The molecule has 3 aromatic carbocycles. The van der Waals surface area contributed by atoms with Crippen LogP contribution in [0.4, 0.5) is 5.69 Å². The first-order chi connectivity index (χ1) is 17.4. The van der Waals surface area contributed by atoms with Crippen LogP contribution in [0, 0.1) is 12.8 Å². The lowest BCUT2D eigenvalue weighted by molar-refractivity contribution is 0.102. The summed E-state index contributed by atoms with van der Waals surface area (Å²) in [4.78, 5) is 17.7. The number of ether oxygens (including phenoxy) is 3. The summed E-state index contributed by atoms with van der Waals surface area (Å²) in [7, 11) is 3.04. The second-order valence-corrected chi connectivity index (χ2v) is 8.69. The Morgan fingerprint density at radius 1 is 0.944 bits per heavy atom. The Morgan fingerprint density at radius 3 is 2.22 bits per heavy atom. The zero-order valence-corrected chi connectivity index (χ0v) is 21.1. The number of anilines is 1. The summed E-state index contributed by atoms with van der Waals surface area (Å²) in [5.41, 5.74) is 3.77. The number of hydrogen-bond acceptors (Lipinski definition) is 6. The van der Waals surface area contributed by atoms with Gasteiger partial charge in [-0.2, -0.15) is 4.98 Å². The van der Waals surface area contributed by atoms with Crippen molar-refractivity contribution in [2.75, 3.05) is 26.1 Å². The van der Waals surface area contributed by atoms with Gasteiger partial charge < -0.3 is 19.5 Å². The molecule has 0 spiro atoms. The quantitative estimate of drug-likeness (QED) is 0.334. The lowest BCUT2D eigenvalue weighted by Crippen LogP contribution is -2.14. The van der Waals surface area contributed by atoms with E-state index < -0.39 is 0 Å². The molecule has 0 bridgehead atoms. The largest absolute Gasteiger partial charge is 0.496 e. The Bertz CT molecular complexity index is 1320. The predicted molar refractivity (Wildman–Crippen MR) is 139 cm³/mol. The average molecular weight is 487 g/mol. The van der Waals surface area contributed by atoms with Gasteiger partial charge in [-0.15, -0.1) is 5.10 Å². The van der Waals surface area contributed by atoms with Crippen LogP contribution in [0.15, 0.2) is 66.7 Å². The summed E-state index contributed by atoms with van der Waals surface area (Å²) in [5, 5.41) is 7.53. The van der Waals surface area contributed by atoms with Crippen LogP contribution in [-0.2, 0) is 0 Å². The minimum atomic E-state index is -0.331. The normalized spacial score (nSPS) is 10.8. The second kappa shape index (κ2) is 10.9. The van der Waals surface area contributed by atoms with Gasteiger partial charge in [-0.3, -0.25) is 4.79 Å². The molecule has 1 aromatic heterocycles. The Kier molecular flexibility index (Phi) is 7.53. The molecule has 0 aliphatic rings. The number of aromatic nitrogens is 3. The molecule has 0 saturated heterocycles. The van der Waals surface area contributed by atoms with E-state index in [0.29, 0.717) is 47.1 Å². The standard InChI is InChI=1S/C28H30N4O4/c1-18(2)17-36-28-30-26(22-10-7-6-9-19(22)3)32(31-28)21-15-13-20(14-16-21)29-27(33)25-23(34-4)11-8-12-24(25)35-5/h6-16,18H,17H2,1-5H3,(H,29,33). The summed E-state index contributed by atoms with van der Waals surface area (Å²) >= 11 is 0. The third kappa shape index (κ3) is 5.33. The summed E-state index contributed by atoms with van der Waals surface area (Å²) in [6.45, 7) is 6.71. The SMILES string of the molecule is COc1cccc(OC)c1C(=O)Nc1ccc(-n2nc(OCC(C)C)nc2-c2ccccc2C)cc1. The van der Waals surface area contributed by atoms with Crippen molar-refractivity contribution in [3.05, 3.63) is 77.9 Å². The molecule has 8 nitrogen and oxygen atoms in total. The summed E-state index contributed by atoms with van der Waals surface area (Å²) in [6.07, 6.45) is 0. The van der Waals surface area contributed by atoms with Crippen molar-refractivity contribution in [3.63, 3.8) is 0 Å². The Labute approximate surface area is 210 Å². The molecule has 0 unspecified atom stereocenters. The number of carbonyl (C=O) groups excluding carboxylic acids is 1. The van der Waals surface area contributed by atoms with Crippen molar-refractivity contribution < 1.29 is 19.0 Å². The third-order valence-corrected chi connectivity index (χ3v) is 5.54. The van der Waals surface area contributed by atoms with Gasteiger partial charge in [0, 0.05) is 11.3 Å². The van der Waals surface area contributed by atoms with E-state index in [4.69, 9.17) is 14.2 Å². The third-order valence-electron chi connectivity index (χ3n) is 5.54. The molecule has 0 fully saturated rings. The van der Waals surface area contributed by atoms with Gasteiger partial charge >= 0.3 is 6.01 Å². The lowest BCUT2D eigenvalue weighted by Gasteiger charge is -2.13. The highest BCUT2D eigenvalue weighted by molar-refractivity contribution is 6.08. The lowest BCUT2D eigenvalue weighted by atomic mass is 10.1. The van der Waals surface area contributed by atoms with Gasteiger partial charge in [-0.05, 0) is 54.8 Å². The first-order valence-electron chi connectivity index (χ1n) is 11.7. The molecule has 4 rings (SSSR count). The van der Waals surface area contributed by atoms with Crippen molar-refractivity contribution in [3.8, 4) is 34.6 Å². The number of benzene rings is 3. The van der Waals surface area contributed by atoms with E-state index in [-0.39, 0.29) is 5.91 Å². The Morgan fingerprint density at radius 2 is 1.61 bits per heavy atom. The highest BCUT2D eigenvalue weighted by Gasteiger charge is 2.19. The van der Waals surface area contributed by atoms with Crippen LogP contribution in [0.25, 0.3) is 17.1 Å². The van der Waals surface area contributed by atoms with Crippen molar-refractivity contribution in [2.45, 2.75) is 20.8 Å². The summed E-state index contributed by atoms with van der Waals surface area (Å²) in [6, 6.07) is 20.9.